The van der Waals surface area contributed by atoms with Gasteiger partial charge in [0.05, 0.1) is 6.10 Å². The Labute approximate surface area is 85.1 Å². The van der Waals surface area contributed by atoms with Gasteiger partial charge < -0.3 is 10.1 Å². The molecule has 4 nitrogen and oxygen atoms in total. The van der Waals surface area contributed by atoms with Crippen molar-refractivity contribution in [1.29, 1.82) is 0 Å². The predicted molar refractivity (Wildman–Crippen MR) is 57.4 cm³/mol. The summed E-state index contributed by atoms with van der Waals surface area (Å²) in [6.45, 7) is 9.11. The molecule has 0 aromatic rings. The molecule has 14 heavy (non-hydrogen) atoms. The van der Waals surface area contributed by atoms with Crippen LogP contribution >= 0.6 is 0 Å². The molecule has 80 valence electrons. The molecule has 0 aromatic carbocycles. The minimum absolute atomic E-state index is 0.0580. The minimum Gasteiger partial charge on any atom is -0.363 e. The first-order chi connectivity index (χ1) is 6.56. The van der Waals surface area contributed by atoms with Gasteiger partial charge in [0.2, 0.25) is 5.91 Å². The summed E-state index contributed by atoms with van der Waals surface area (Å²) in [5.41, 5.74) is 0. The topological polar surface area (TPSA) is 50.7 Å². The van der Waals surface area contributed by atoms with E-state index in [1.165, 1.54) is 6.20 Å². The standard InChI is InChI=1S/C10H18N2O2/c1-5-11-6-9(4)14-7-10(13)12-8(2)3/h5-6,8-9H,1,7H2,2-4H3,(H,12,13)/b11-6-. The predicted octanol–water partition coefficient (Wildman–Crippen LogP) is 1.13. The van der Waals surface area contributed by atoms with E-state index in [0.717, 1.165) is 0 Å². The Morgan fingerprint density at radius 1 is 1.57 bits per heavy atom. The summed E-state index contributed by atoms with van der Waals surface area (Å²) in [7, 11) is 0. The zero-order valence-corrected chi connectivity index (χ0v) is 8.99. The molecule has 0 saturated heterocycles. The van der Waals surface area contributed by atoms with Crippen LogP contribution in [0.1, 0.15) is 20.8 Å². The molecule has 0 aliphatic heterocycles. The van der Waals surface area contributed by atoms with Gasteiger partial charge in [-0.2, -0.15) is 0 Å². The summed E-state index contributed by atoms with van der Waals surface area (Å²) < 4.78 is 5.20. The third-order valence-electron chi connectivity index (χ3n) is 1.33. The summed E-state index contributed by atoms with van der Waals surface area (Å²) in [6, 6.07) is 0.142. The van der Waals surface area contributed by atoms with Crippen LogP contribution in [0.4, 0.5) is 0 Å². The van der Waals surface area contributed by atoms with E-state index in [4.69, 9.17) is 4.74 Å². The van der Waals surface area contributed by atoms with Crippen LogP contribution in [0.5, 0.6) is 0 Å². The number of rotatable bonds is 6. The molecule has 0 aliphatic carbocycles. The summed E-state index contributed by atoms with van der Waals surface area (Å²) in [6.07, 6.45) is 2.84. The molecular weight excluding hydrogens is 180 g/mol. The van der Waals surface area contributed by atoms with Gasteiger partial charge in [0.25, 0.3) is 0 Å². The minimum atomic E-state index is -0.175. The Bertz CT molecular complexity index is 212. The molecule has 0 aliphatic rings. The van der Waals surface area contributed by atoms with E-state index >= 15 is 0 Å². The first-order valence-electron chi connectivity index (χ1n) is 4.61. The number of nitrogens with zero attached hydrogens (tertiary/aromatic N) is 1. The molecule has 0 radical (unpaired) electrons. The van der Waals surface area contributed by atoms with Crippen LogP contribution in [0.3, 0.4) is 0 Å². The van der Waals surface area contributed by atoms with Gasteiger partial charge in [-0.3, -0.25) is 9.79 Å². The van der Waals surface area contributed by atoms with Crippen molar-refractivity contribution >= 4 is 12.1 Å². The molecular formula is C10H18N2O2. The van der Waals surface area contributed by atoms with Gasteiger partial charge >= 0.3 is 0 Å². The number of hydrogen-bond donors (Lipinski definition) is 1. The highest BCUT2D eigenvalue weighted by atomic mass is 16.5. The summed E-state index contributed by atoms with van der Waals surface area (Å²) in [4.78, 5) is 14.9. The summed E-state index contributed by atoms with van der Waals surface area (Å²) in [5.74, 6) is -0.112. The molecule has 1 unspecified atom stereocenters. The van der Waals surface area contributed by atoms with Crippen LogP contribution < -0.4 is 5.32 Å². The quantitative estimate of drug-likeness (QED) is 0.650. The van der Waals surface area contributed by atoms with Crippen LogP contribution in [0, 0.1) is 0 Å². The fraction of sp³-hybridized carbons (Fsp3) is 0.600. The van der Waals surface area contributed by atoms with Gasteiger partial charge in [-0.05, 0) is 20.8 Å². The molecule has 0 saturated carbocycles. The van der Waals surface area contributed by atoms with Crippen molar-refractivity contribution in [3.63, 3.8) is 0 Å². The van der Waals surface area contributed by atoms with E-state index < -0.39 is 0 Å². The molecule has 1 atom stereocenters. The molecule has 0 aromatic heterocycles. The van der Waals surface area contributed by atoms with Crippen molar-refractivity contribution in [3.05, 3.63) is 12.8 Å². The average Bonchev–Trinajstić information content (AvgIpc) is 2.10. The molecule has 4 heteroatoms. The van der Waals surface area contributed by atoms with Crippen LogP contribution in [0.25, 0.3) is 0 Å². The second-order valence-electron chi connectivity index (χ2n) is 3.22. The highest BCUT2D eigenvalue weighted by Crippen LogP contribution is 1.88. The first kappa shape index (κ1) is 12.8. The van der Waals surface area contributed by atoms with Gasteiger partial charge in [-0.15, -0.1) is 0 Å². The zero-order chi connectivity index (χ0) is 11.0. The van der Waals surface area contributed by atoms with Gasteiger partial charge in [-0.25, -0.2) is 0 Å². The lowest BCUT2D eigenvalue weighted by Crippen LogP contribution is -2.34. The lowest BCUT2D eigenvalue weighted by atomic mass is 10.4. The van der Waals surface area contributed by atoms with E-state index in [1.807, 2.05) is 20.8 Å². The molecule has 0 fully saturated rings. The first-order valence-corrected chi connectivity index (χ1v) is 4.61. The smallest absolute Gasteiger partial charge is 0.246 e. The molecule has 1 N–H and O–H groups in total. The number of hydrogen-bond acceptors (Lipinski definition) is 3. The third-order valence-corrected chi connectivity index (χ3v) is 1.33. The molecule has 0 spiro atoms. The largest absolute Gasteiger partial charge is 0.363 e. The van der Waals surface area contributed by atoms with Crippen molar-refractivity contribution in [2.75, 3.05) is 6.61 Å². The Morgan fingerprint density at radius 3 is 2.71 bits per heavy atom. The number of nitrogens with one attached hydrogen (secondary N) is 1. The number of ether oxygens (including phenoxy) is 1. The molecule has 0 bridgehead atoms. The number of carbonyl (C=O) groups is 1. The maximum atomic E-state index is 11.1. The highest BCUT2D eigenvalue weighted by molar-refractivity contribution is 5.77. The SMILES string of the molecule is C=C/N=C\C(C)OCC(=O)NC(C)C. The third kappa shape index (κ3) is 7.49. The van der Waals surface area contributed by atoms with E-state index in [-0.39, 0.29) is 24.7 Å². The van der Waals surface area contributed by atoms with E-state index in [1.54, 1.807) is 6.21 Å². The molecule has 0 rings (SSSR count). The second-order valence-corrected chi connectivity index (χ2v) is 3.22. The van der Waals surface area contributed by atoms with Crippen LogP contribution in [0.2, 0.25) is 0 Å². The van der Waals surface area contributed by atoms with Crippen molar-refractivity contribution in [3.8, 4) is 0 Å². The van der Waals surface area contributed by atoms with Crippen molar-refractivity contribution in [2.45, 2.75) is 32.9 Å². The van der Waals surface area contributed by atoms with E-state index in [0.29, 0.717) is 0 Å². The Hall–Kier alpha value is -1.16. The number of carbonyl (C=O) groups excluding carboxylic acids is 1. The van der Waals surface area contributed by atoms with Crippen molar-refractivity contribution in [2.24, 2.45) is 4.99 Å². The fourth-order valence-corrected chi connectivity index (χ4v) is 0.796. The number of amides is 1. The van der Waals surface area contributed by atoms with Crippen molar-refractivity contribution in [1.82, 2.24) is 5.32 Å². The Morgan fingerprint density at radius 2 is 2.21 bits per heavy atom. The van der Waals surface area contributed by atoms with E-state index in [9.17, 15) is 4.79 Å². The summed E-state index contributed by atoms with van der Waals surface area (Å²) in [5, 5.41) is 2.73. The molecule has 0 heterocycles. The lowest BCUT2D eigenvalue weighted by Gasteiger charge is -2.10. The van der Waals surface area contributed by atoms with Gasteiger partial charge in [0.1, 0.15) is 6.61 Å². The van der Waals surface area contributed by atoms with Gasteiger partial charge in [0.15, 0.2) is 0 Å². The highest BCUT2D eigenvalue weighted by Gasteiger charge is 2.05. The lowest BCUT2D eigenvalue weighted by molar-refractivity contribution is -0.126. The normalized spacial score (nSPS) is 13.1. The number of aliphatic imine (C=N–C) groups is 1. The Kier molecular flexibility index (Phi) is 6.66. The monoisotopic (exact) mass is 198 g/mol. The van der Waals surface area contributed by atoms with Crippen molar-refractivity contribution < 1.29 is 9.53 Å². The maximum Gasteiger partial charge on any atom is 0.246 e. The van der Waals surface area contributed by atoms with Gasteiger partial charge in [-0.1, -0.05) is 6.58 Å². The van der Waals surface area contributed by atoms with E-state index in [2.05, 4.69) is 16.9 Å². The summed E-state index contributed by atoms with van der Waals surface area (Å²) >= 11 is 0. The fourth-order valence-electron chi connectivity index (χ4n) is 0.796. The second kappa shape index (κ2) is 7.26. The molecule has 1 amide bonds. The Balaban J connectivity index is 3.65. The maximum absolute atomic E-state index is 11.1. The average molecular weight is 198 g/mol. The van der Waals surface area contributed by atoms with Crippen LogP contribution in [-0.2, 0) is 9.53 Å². The van der Waals surface area contributed by atoms with Crippen LogP contribution in [-0.4, -0.2) is 30.9 Å². The zero-order valence-electron chi connectivity index (χ0n) is 8.99. The van der Waals surface area contributed by atoms with Crippen LogP contribution in [0.15, 0.2) is 17.8 Å². The van der Waals surface area contributed by atoms with Gasteiger partial charge in [0, 0.05) is 18.5 Å².